The Bertz CT molecular complexity index is 354. The van der Waals surface area contributed by atoms with E-state index in [0.717, 1.165) is 6.26 Å². The molecule has 0 aliphatic carbocycles. The van der Waals surface area contributed by atoms with Crippen molar-refractivity contribution in [2.75, 3.05) is 12.0 Å². The van der Waals surface area contributed by atoms with Crippen molar-refractivity contribution in [3.63, 3.8) is 0 Å². The van der Waals surface area contributed by atoms with Gasteiger partial charge in [-0.3, -0.25) is 8.74 Å². The second-order valence-electron chi connectivity index (χ2n) is 3.04. The average Bonchev–Trinajstić information content (AvgIpc) is 1.78. The van der Waals surface area contributed by atoms with Crippen LogP contribution in [-0.2, 0) is 24.4 Å². The minimum Gasteiger partial charge on any atom is -0.286 e. The predicted octanol–water partition coefficient (Wildman–Crippen LogP) is 0.0191. The first kappa shape index (κ1) is 13.8. The Morgan fingerprint density at radius 3 is 2.14 bits per heavy atom. The van der Waals surface area contributed by atoms with E-state index in [1.54, 1.807) is 0 Å². The summed E-state index contributed by atoms with van der Waals surface area (Å²) in [4.78, 5) is 0. The zero-order valence-corrected chi connectivity index (χ0v) is 9.64. The Balaban J connectivity index is 3.82. The van der Waals surface area contributed by atoms with E-state index < -0.39 is 26.3 Å². The highest BCUT2D eigenvalue weighted by Gasteiger charge is 2.11. The maximum atomic E-state index is 10.6. The minimum absolute atomic E-state index is 0.162. The van der Waals surface area contributed by atoms with Crippen LogP contribution in [0.2, 0.25) is 0 Å². The third kappa shape index (κ3) is 9.90. The summed E-state index contributed by atoms with van der Waals surface area (Å²) in [5.41, 5.74) is 0. The van der Waals surface area contributed by atoms with Crippen LogP contribution in [0.25, 0.3) is 0 Å². The van der Waals surface area contributed by atoms with Gasteiger partial charge in [0.2, 0.25) is 0 Å². The second-order valence-corrected chi connectivity index (χ2v) is 6.21. The van der Waals surface area contributed by atoms with Gasteiger partial charge in [-0.25, -0.2) is 0 Å². The van der Waals surface area contributed by atoms with Crippen molar-refractivity contribution in [3.8, 4) is 0 Å². The lowest BCUT2D eigenvalue weighted by Gasteiger charge is -2.09. The van der Waals surface area contributed by atoms with E-state index in [0.29, 0.717) is 0 Å². The van der Waals surface area contributed by atoms with E-state index in [-0.39, 0.29) is 18.6 Å². The summed E-state index contributed by atoms with van der Waals surface area (Å²) < 4.78 is 54.7. The molecule has 0 bridgehead atoms. The van der Waals surface area contributed by atoms with Crippen LogP contribution in [0.3, 0.4) is 0 Å². The van der Waals surface area contributed by atoms with Crippen LogP contribution in [0.4, 0.5) is 0 Å². The Morgan fingerprint density at radius 1 is 1.29 bits per heavy atom. The molecule has 86 valence electrons. The van der Waals surface area contributed by atoms with Crippen LogP contribution in [0.15, 0.2) is 0 Å². The fraction of sp³-hybridized carbons (Fsp3) is 1.00. The van der Waals surface area contributed by atoms with Crippen LogP contribution in [-0.4, -0.2) is 39.5 Å². The van der Waals surface area contributed by atoms with Gasteiger partial charge in [0.05, 0.1) is 18.1 Å². The van der Waals surface area contributed by atoms with Crippen molar-refractivity contribution in [2.24, 2.45) is 0 Å². The third-order valence-electron chi connectivity index (χ3n) is 1.35. The van der Waals surface area contributed by atoms with Gasteiger partial charge in [-0.05, 0) is 19.8 Å². The molecule has 8 heteroatoms. The van der Waals surface area contributed by atoms with Crippen molar-refractivity contribution < 1.29 is 25.6 Å². The zero-order chi connectivity index (χ0) is 11.4. The van der Waals surface area contributed by atoms with E-state index >= 15 is 0 Å². The van der Waals surface area contributed by atoms with Crippen molar-refractivity contribution in [3.05, 3.63) is 0 Å². The van der Waals surface area contributed by atoms with Gasteiger partial charge in [0.1, 0.15) is 0 Å². The van der Waals surface area contributed by atoms with Crippen LogP contribution in [0.1, 0.15) is 19.8 Å². The molecule has 0 aliphatic rings. The van der Waals surface area contributed by atoms with E-state index in [1.807, 2.05) is 0 Å². The van der Waals surface area contributed by atoms with E-state index in [9.17, 15) is 16.8 Å². The highest BCUT2D eigenvalue weighted by molar-refractivity contribution is 7.86. The highest BCUT2D eigenvalue weighted by Crippen LogP contribution is 2.05. The SMILES string of the molecule is C[C@H](CCCS(=O)(=O)O)OS(C)(=O)=O. The van der Waals surface area contributed by atoms with Gasteiger partial charge in [-0.1, -0.05) is 0 Å². The fourth-order valence-corrected chi connectivity index (χ4v) is 2.12. The molecule has 0 radical (unpaired) electrons. The summed E-state index contributed by atoms with van der Waals surface area (Å²) in [5, 5.41) is 0. The highest BCUT2D eigenvalue weighted by atomic mass is 32.2. The van der Waals surface area contributed by atoms with Crippen LogP contribution in [0, 0.1) is 0 Å². The molecule has 0 unspecified atom stereocenters. The van der Waals surface area contributed by atoms with E-state index in [4.69, 9.17) is 4.55 Å². The first-order valence-corrected chi connectivity index (χ1v) is 7.36. The monoisotopic (exact) mass is 246 g/mol. The first-order valence-electron chi connectivity index (χ1n) is 3.93. The fourth-order valence-electron chi connectivity index (χ4n) is 0.900. The molecule has 0 aromatic heterocycles. The maximum Gasteiger partial charge on any atom is 0.264 e. The molecule has 1 atom stereocenters. The third-order valence-corrected chi connectivity index (χ3v) is 2.83. The topological polar surface area (TPSA) is 97.7 Å². The molecule has 0 fully saturated rings. The number of rotatable bonds is 6. The lowest BCUT2D eigenvalue weighted by Crippen LogP contribution is -2.15. The number of hydrogen-bond donors (Lipinski definition) is 1. The Morgan fingerprint density at radius 2 is 1.79 bits per heavy atom. The summed E-state index contributed by atoms with van der Waals surface area (Å²) in [6, 6.07) is 0. The number of hydrogen-bond acceptors (Lipinski definition) is 5. The van der Waals surface area contributed by atoms with Crippen molar-refractivity contribution in [2.45, 2.75) is 25.9 Å². The van der Waals surface area contributed by atoms with Crippen LogP contribution in [0.5, 0.6) is 0 Å². The van der Waals surface area contributed by atoms with Gasteiger partial charge in [-0.15, -0.1) is 0 Å². The lowest BCUT2D eigenvalue weighted by atomic mass is 10.2. The molecule has 0 amide bonds. The van der Waals surface area contributed by atoms with Crippen LogP contribution < -0.4 is 0 Å². The molecule has 0 rings (SSSR count). The predicted molar refractivity (Wildman–Crippen MR) is 51.0 cm³/mol. The Labute approximate surface area is 84.1 Å². The van der Waals surface area contributed by atoms with E-state index in [2.05, 4.69) is 4.18 Å². The largest absolute Gasteiger partial charge is 0.286 e. The Kier molecular flexibility index (Phi) is 4.99. The normalized spacial score (nSPS) is 15.4. The van der Waals surface area contributed by atoms with Gasteiger partial charge < -0.3 is 0 Å². The van der Waals surface area contributed by atoms with Gasteiger partial charge >= 0.3 is 0 Å². The lowest BCUT2D eigenvalue weighted by molar-refractivity contribution is 0.219. The molecule has 0 saturated heterocycles. The van der Waals surface area contributed by atoms with Crippen molar-refractivity contribution >= 4 is 20.2 Å². The summed E-state index contributed by atoms with van der Waals surface area (Å²) in [6.07, 6.45) is 0.765. The zero-order valence-electron chi connectivity index (χ0n) is 8.00. The van der Waals surface area contributed by atoms with Crippen molar-refractivity contribution in [1.82, 2.24) is 0 Å². The summed E-state index contributed by atoms with van der Waals surface area (Å²) in [5.74, 6) is -0.384. The molecule has 0 saturated carbocycles. The average molecular weight is 246 g/mol. The van der Waals surface area contributed by atoms with Gasteiger partial charge in [0, 0.05) is 0 Å². The second kappa shape index (κ2) is 5.06. The smallest absolute Gasteiger partial charge is 0.264 e. The molecule has 0 aromatic carbocycles. The van der Waals surface area contributed by atoms with E-state index in [1.165, 1.54) is 6.92 Å². The molecule has 0 heterocycles. The molecule has 6 nitrogen and oxygen atoms in total. The quantitative estimate of drug-likeness (QED) is 0.524. The standard InChI is InChI=1S/C6H14O6S2/c1-6(12-13(2,7)8)4-3-5-14(9,10)11/h6H,3-5H2,1-2H3,(H,9,10,11)/t6-/m1/s1. The molecule has 0 aromatic rings. The molecule has 1 N–H and O–H groups in total. The van der Waals surface area contributed by atoms with Gasteiger partial charge in [-0.2, -0.15) is 16.8 Å². The molecule has 0 spiro atoms. The van der Waals surface area contributed by atoms with Gasteiger partial charge in [0.15, 0.2) is 0 Å². The molecule has 0 aliphatic heterocycles. The van der Waals surface area contributed by atoms with Crippen molar-refractivity contribution in [1.29, 1.82) is 0 Å². The molecule has 14 heavy (non-hydrogen) atoms. The summed E-state index contributed by atoms with van der Waals surface area (Å²) in [6.45, 7) is 1.52. The van der Waals surface area contributed by atoms with Gasteiger partial charge in [0.25, 0.3) is 20.2 Å². The summed E-state index contributed by atoms with van der Waals surface area (Å²) in [7, 11) is -7.47. The molecular formula is C6H14O6S2. The molecular weight excluding hydrogens is 232 g/mol. The minimum atomic E-state index is -3.97. The maximum absolute atomic E-state index is 10.6. The first-order chi connectivity index (χ1) is 6.10. The Hall–Kier alpha value is -0.180. The summed E-state index contributed by atoms with van der Waals surface area (Å²) >= 11 is 0. The van der Waals surface area contributed by atoms with Crippen LogP contribution >= 0.6 is 0 Å².